The topological polar surface area (TPSA) is 107 Å². The zero-order chi connectivity index (χ0) is 13.8. The molecular weight excluding hydrogens is 246 g/mol. The molecule has 0 aliphatic heterocycles. The lowest BCUT2D eigenvalue weighted by atomic mass is 10.2. The third-order valence-corrected chi connectivity index (χ3v) is 2.43. The van der Waals surface area contributed by atoms with Crippen LogP contribution in [0.2, 0.25) is 0 Å². The van der Waals surface area contributed by atoms with E-state index in [-0.39, 0.29) is 11.5 Å². The molecule has 2 N–H and O–H groups in total. The third-order valence-electron chi connectivity index (χ3n) is 2.43. The minimum Gasteiger partial charge on any atom is -0.462 e. The number of nitrogens with zero attached hydrogens (tertiary/aromatic N) is 4. The van der Waals surface area contributed by atoms with Crippen LogP contribution in [0.4, 0.5) is 5.82 Å². The van der Waals surface area contributed by atoms with Gasteiger partial charge in [0.05, 0.1) is 17.9 Å². The first kappa shape index (κ1) is 12.6. The summed E-state index contributed by atoms with van der Waals surface area (Å²) in [6.45, 7) is 2.06. The van der Waals surface area contributed by atoms with E-state index >= 15 is 0 Å². The fourth-order valence-electron chi connectivity index (χ4n) is 1.51. The molecule has 1 heterocycles. The van der Waals surface area contributed by atoms with Crippen LogP contribution in [0.3, 0.4) is 0 Å². The number of esters is 1. The van der Waals surface area contributed by atoms with Crippen LogP contribution in [0, 0.1) is 11.3 Å². The lowest BCUT2D eigenvalue weighted by molar-refractivity contribution is 0.0526. The number of rotatable bonds is 3. The number of nitrogen functional groups attached to an aromatic ring is 1. The molecule has 0 aliphatic rings. The highest BCUT2D eigenvalue weighted by Crippen LogP contribution is 2.15. The van der Waals surface area contributed by atoms with Crippen LogP contribution in [0.25, 0.3) is 5.69 Å². The van der Waals surface area contributed by atoms with E-state index in [1.165, 1.54) is 4.68 Å². The summed E-state index contributed by atoms with van der Waals surface area (Å²) in [5, 5.41) is 16.2. The average Bonchev–Trinajstić information content (AvgIpc) is 2.80. The van der Waals surface area contributed by atoms with Crippen LogP contribution in [0.15, 0.2) is 24.3 Å². The molecule has 0 saturated carbocycles. The molecule has 1 aromatic heterocycles. The molecule has 7 heteroatoms. The zero-order valence-corrected chi connectivity index (χ0v) is 10.2. The maximum atomic E-state index is 11.5. The summed E-state index contributed by atoms with van der Waals surface area (Å²) in [5.41, 5.74) is 6.83. The van der Waals surface area contributed by atoms with Crippen LogP contribution in [0.1, 0.15) is 23.0 Å². The summed E-state index contributed by atoms with van der Waals surface area (Å²) < 4.78 is 6.20. The molecule has 2 rings (SSSR count). The van der Waals surface area contributed by atoms with Gasteiger partial charge in [-0.25, -0.2) is 4.79 Å². The molecule has 0 aliphatic carbocycles. The lowest BCUT2D eigenvalue weighted by Gasteiger charge is -2.04. The standard InChI is InChI=1S/C12H11N5O2/c1-2-19-12(18)8-3-5-9(6-4-8)17-11(14)10(7-13)15-16-17/h3-6H,2,14H2,1H3. The van der Waals surface area contributed by atoms with Crippen molar-refractivity contribution in [1.29, 1.82) is 5.26 Å². The highest BCUT2D eigenvalue weighted by atomic mass is 16.5. The molecule has 0 spiro atoms. The molecule has 0 radical (unpaired) electrons. The molecule has 0 bridgehead atoms. The van der Waals surface area contributed by atoms with E-state index in [9.17, 15) is 4.79 Å². The highest BCUT2D eigenvalue weighted by molar-refractivity contribution is 5.89. The van der Waals surface area contributed by atoms with E-state index in [1.54, 1.807) is 31.2 Å². The summed E-state index contributed by atoms with van der Waals surface area (Å²) in [5.74, 6) is -0.232. The molecule has 0 fully saturated rings. The van der Waals surface area contributed by atoms with Crippen molar-refractivity contribution in [3.8, 4) is 11.8 Å². The van der Waals surface area contributed by atoms with Gasteiger partial charge in [0.2, 0.25) is 5.69 Å². The minimum atomic E-state index is -0.390. The predicted molar refractivity (Wildman–Crippen MR) is 66.4 cm³/mol. The average molecular weight is 257 g/mol. The normalized spacial score (nSPS) is 9.89. The number of nitriles is 1. The van der Waals surface area contributed by atoms with Gasteiger partial charge in [0, 0.05) is 0 Å². The fraction of sp³-hybridized carbons (Fsp3) is 0.167. The van der Waals surface area contributed by atoms with Crippen molar-refractivity contribution in [3.63, 3.8) is 0 Å². The fourth-order valence-corrected chi connectivity index (χ4v) is 1.51. The number of hydrogen-bond donors (Lipinski definition) is 1. The van der Waals surface area contributed by atoms with E-state index in [0.717, 1.165) is 0 Å². The van der Waals surface area contributed by atoms with Crippen LogP contribution in [-0.2, 0) is 4.74 Å². The number of nitrogens with two attached hydrogens (primary N) is 1. The van der Waals surface area contributed by atoms with Crippen LogP contribution in [-0.4, -0.2) is 27.6 Å². The van der Waals surface area contributed by atoms with Crippen LogP contribution in [0.5, 0.6) is 0 Å². The van der Waals surface area contributed by atoms with Crippen LogP contribution < -0.4 is 5.73 Å². The van der Waals surface area contributed by atoms with Gasteiger partial charge in [-0.1, -0.05) is 5.21 Å². The Labute approximate surface area is 109 Å². The Balaban J connectivity index is 2.30. The first-order valence-corrected chi connectivity index (χ1v) is 5.56. The lowest BCUT2D eigenvalue weighted by Crippen LogP contribution is -2.06. The van der Waals surface area contributed by atoms with Crippen molar-refractivity contribution in [2.45, 2.75) is 6.92 Å². The van der Waals surface area contributed by atoms with Gasteiger partial charge in [0.25, 0.3) is 0 Å². The molecule has 0 atom stereocenters. The molecule has 0 saturated heterocycles. The summed E-state index contributed by atoms with van der Waals surface area (Å²) in [4.78, 5) is 11.5. The van der Waals surface area contributed by atoms with Gasteiger partial charge >= 0.3 is 5.97 Å². The molecule has 1 aromatic carbocycles. The Hall–Kier alpha value is -2.88. The molecule has 96 valence electrons. The van der Waals surface area contributed by atoms with Gasteiger partial charge in [-0.15, -0.1) is 5.10 Å². The predicted octanol–water partition coefficient (Wildman–Crippen LogP) is 0.898. The highest BCUT2D eigenvalue weighted by Gasteiger charge is 2.11. The Morgan fingerprint density at radius 3 is 2.68 bits per heavy atom. The van der Waals surface area contributed by atoms with E-state index < -0.39 is 5.97 Å². The second kappa shape index (κ2) is 5.18. The molecular formula is C12H11N5O2. The van der Waals surface area contributed by atoms with Gasteiger partial charge in [0.1, 0.15) is 6.07 Å². The van der Waals surface area contributed by atoms with E-state index in [0.29, 0.717) is 17.9 Å². The van der Waals surface area contributed by atoms with Crippen molar-refractivity contribution in [2.75, 3.05) is 12.3 Å². The van der Waals surface area contributed by atoms with Crippen molar-refractivity contribution < 1.29 is 9.53 Å². The Kier molecular flexibility index (Phi) is 3.43. The van der Waals surface area contributed by atoms with Gasteiger partial charge in [-0.05, 0) is 31.2 Å². The minimum absolute atomic E-state index is 0.0643. The quantitative estimate of drug-likeness (QED) is 0.818. The number of carbonyl (C=O) groups is 1. The second-order valence-electron chi connectivity index (χ2n) is 3.61. The summed E-state index contributed by atoms with van der Waals surface area (Å²) >= 11 is 0. The van der Waals surface area contributed by atoms with Crippen molar-refractivity contribution >= 4 is 11.8 Å². The molecule has 19 heavy (non-hydrogen) atoms. The van der Waals surface area contributed by atoms with Gasteiger partial charge < -0.3 is 10.5 Å². The number of carbonyl (C=O) groups excluding carboxylic acids is 1. The molecule has 0 amide bonds. The van der Waals surface area contributed by atoms with Crippen LogP contribution >= 0.6 is 0 Å². The number of anilines is 1. The summed E-state index contributed by atoms with van der Waals surface area (Å²) in [7, 11) is 0. The van der Waals surface area contributed by atoms with E-state index in [1.807, 2.05) is 6.07 Å². The SMILES string of the molecule is CCOC(=O)c1ccc(-n2nnc(C#N)c2N)cc1. The number of aromatic nitrogens is 3. The molecule has 0 unspecified atom stereocenters. The Morgan fingerprint density at radius 1 is 1.47 bits per heavy atom. The molecule has 7 nitrogen and oxygen atoms in total. The third kappa shape index (κ3) is 2.37. The maximum Gasteiger partial charge on any atom is 0.338 e. The number of benzene rings is 1. The summed E-state index contributed by atoms with van der Waals surface area (Å²) in [6, 6.07) is 8.34. The smallest absolute Gasteiger partial charge is 0.338 e. The van der Waals surface area contributed by atoms with Gasteiger partial charge in [-0.3, -0.25) is 0 Å². The van der Waals surface area contributed by atoms with E-state index in [4.69, 9.17) is 15.7 Å². The largest absolute Gasteiger partial charge is 0.462 e. The van der Waals surface area contributed by atoms with E-state index in [2.05, 4.69) is 10.3 Å². The molecule has 2 aromatic rings. The monoisotopic (exact) mass is 257 g/mol. The van der Waals surface area contributed by atoms with Crippen molar-refractivity contribution in [3.05, 3.63) is 35.5 Å². The van der Waals surface area contributed by atoms with Gasteiger partial charge in [-0.2, -0.15) is 9.94 Å². The maximum absolute atomic E-state index is 11.5. The second-order valence-corrected chi connectivity index (χ2v) is 3.61. The first-order chi connectivity index (χ1) is 9.17. The number of hydrogen-bond acceptors (Lipinski definition) is 6. The summed E-state index contributed by atoms with van der Waals surface area (Å²) in [6.07, 6.45) is 0. The van der Waals surface area contributed by atoms with Gasteiger partial charge in [0.15, 0.2) is 5.82 Å². The zero-order valence-electron chi connectivity index (χ0n) is 10.2. The Bertz CT molecular complexity index is 639. The van der Waals surface area contributed by atoms with Crippen molar-refractivity contribution in [2.24, 2.45) is 0 Å². The Morgan fingerprint density at radius 2 is 2.16 bits per heavy atom. The first-order valence-electron chi connectivity index (χ1n) is 5.56. The number of ether oxygens (including phenoxy) is 1. The van der Waals surface area contributed by atoms with Crippen molar-refractivity contribution in [1.82, 2.24) is 15.0 Å².